The number of hydrogen-bond acceptors (Lipinski definition) is 6. The fraction of sp³-hybridized carbons (Fsp3) is 0.435. The van der Waals surface area contributed by atoms with Crippen LogP contribution < -0.4 is 5.32 Å². The van der Waals surface area contributed by atoms with E-state index in [1.54, 1.807) is 23.2 Å². The molecule has 0 atom stereocenters. The maximum Gasteiger partial charge on any atom is 0.325 e. The summed E-state index contributed by atoms with van der Waals surface area (Å²) in [6.07, 6.45) is 0. The van der Waals surface area contributed by atoms with Crippen LogP contribution in [0.25, 0.3) is 0 Å². The van der Waals surface area contributed by atoms with Crippen molar-refractivity contribution in [2.75, 3.05) is 40.0 Å². The minimum Gasteiger partial charge on any atom is -0.465 e. The maximum atomic E-state index is 13.3. The van der Waals surface area contributed by atoms with Crippen molar-refractivity contribution in [3.05, 3.63) is 57.8 Å². The highest BCUT2D eigenvalue weighted by Crippen LogP contribution is 2.19. The second kappa shape index (κ2) is 13.5. The largest absolute Gasteiger partial charge is 0.465 e. The Morgan fingerprint density at radius 3 is 2.41 bits per heavy atom. The molecule has 0 bridgehead atoms. The molecule has 32 heavy (non-hydrogen) atoms. The summed E-state index contributed by atoms with van der Waals surface area (Å²) in [5, 5.41) is 2.51. The van der Waals surface area contributed by atoms with E-state index in [-0.39, 0.29) is 38.8 Å². The number of rotatable bonds is 12. The Balaban J connectivity index is 2.10. The van der Waals surface area contributed by atoms with Crippen molar-refractivity contribution >= 4 is 29.2 Å². The quantitative estimate of drug-likeness (QED) is 0.491. The number of aryl methyl sites for hydroxylation is 1. The third-order valence-electron chi connectivity index (χ3n) is 4.58. The Morgan fingerprint density at radius 1 is 1.03 bits per heavy atom. The fourth-order valence-electron chi connectivity index (χ4n) is 2.98. The number of carbonyl (C=O) groups is 3. The zero-order chi connectivity index (χ0) is 23.3. The lowest BCUT2D eigenvalue weighted by atomic mass is 10.2. The molecule has 1 aromatic heterocycles. The SMILES string of the molecule is CCOC(=O)CNC(=O)N(CCOC)CC(=O)N(Cc1ccccc1)Cc1ccc(C)s1. The van der Waals surface area contributed by atoms with Crippen molar-refractivity contribution in [1.29, 1.82) is 0 Å². The highest BCUT2D eigenvalue weighted by Gasteiger charge is 2.22. The van der Waals surface area contributed by atoms with Gasteiger partial charge in [0, 0.05) is 30.0 Å². The molecule has 0 aliphatic rings. The number of thiophene rings is 1. The lowest BCUT2D eigenvalue weighted by molar-refractivity contribution is -0.141. The van der Waals surface area contributed by atoms with Gasteiger partial charge in [0.2, 0.25) is 5.91 Å². The topological polar surface area (TPSA) is 88.2 Å². The smallest absolute Gasteiger partial charge is 0.325 e. The Labute approximate surface area is 193 Å². The van der Waals surface area contributed by atoms with Crippen LogP contribution in [0.1, 0.15) is 22.2 Å². The average Bonchev–Trinajstić information content (AvgIpc) is 3.19. The summed E-state index contributed by atoms with van der Waals surface area (Å²) in [6, 6.07) is 13.2. The molecule has 0 spiro atoms. The summed E-state index contributed by atoms with van der Waals surface area (Å²) in [6.45, 7) is 4.93. The predicted molar refractivity (Wildman–Crippen MR) is 123 cm³/mol. The zero-order valence-corrected chi connectivity index (χ0v) is 19.7. The summed E-state index contributed by atoms with van der Waals surface area (Å²) in [4.78, 5) is 42.8. The van der Waals surface area contributed by atoms with Crippen LogP contribution in [-0.2, 0) is 32.2 Å². The first-order valence-corrected chi connectivity index (χ1v) is 11.3. The van der Waals surface area contributed by atoms with E-state index < -0.39 is 12.0 Å². The molecule has 0 saturated carbocycles. The van der Waals surface area contributed by atoms with E-state index in [9.17, 15) is 14.4 Å². The van der Waals surface area contributed by atoms with Gasteiger partial charge in [0.15, 0.2) is 0 Å². The van der Waals surface area contributed by atoms with E-state index in [0.717, 1.165) is 10.4 Å². The summed E-state index contributed by atoms with van der Waals surface area (Å²) in [5.74, 6) is -0.722. The van der Waals surface area contributed by atoms with Crippen molar-refractivity contribution in [1.82, 2.24) is 15.1 Å². The van der Waals surface area contributed by atoms with Crippen molar-refractivity contribution in [3.8, 4) is 0 Å². The number of amides is 3. The van der Waals surface area contributed by atoms with Gasteiger partial charge in [0.25, 0.3) is 0 Å². The van der Waals surface area contributed by atoms with Crippen molar-refractivity contribution < 1.29 is 23.9 Å². The number of nitrogens with one attached hydrogen (secondary N) is 1. The third-order valence-corrected chi connectivity index (χ3v) is 5.57. The number of methoxy groups -OCH3 is 1. The van der Waals surface area contributed by atoms with Gasteiger partial charge in [-0.3, -0.25) is 9.59 Å². The average molecular weight is 462 g/mol. The van der Waals surface area contributed by atoms with E-state index in [0.29, 0.717) is 13.1 Å². The van der Waals surface area contributed by atoms with Crippen LogP contribution in [0.2, 0.25) is 0 Å². The standard InChI is InChI=1S/C23H31N3O5S/c1-4-31-22(28)14-24-23(29)25(12-13-30-3)17-21(27)26(15-19-8-6-5-7-9-19)16-20-11-10-18(2)32-20/h5-11H,4,12-17H2,1-3H3,(H,24,29). The summed E-state index contributed by atoms with van der Waals surface area (Å²) in [5.41, 5.74) is 1.00. The fourth-order valence-corrected chi connectivity index (χ4v) is 3.89. The highest BCUT2D eigenvalue weighted by molar-refractivity contribution is 7.11. The van der Waals surface area contributed by atoms with Crippen LogP contribution in [0.4, 0.5) is 4.79 Å². The molecule has 0 aliphatic heterocycles. The molecule has 1 aromatic carbocycles. The van der Waals surface area contributed by atoms with E-state index in [4.69, 9.17) is 9.47 Å². The Bertz CT molecular complexity index is 872. The number of benzene rings is 1. The van der Waals surface area contributed by atoms with Gasteiger partial charge in [-0.25, -0.2) is 4.79 Å². The van der Waals surface area contributed by atoms with E-state index in [2.05, 4.69) is 5.32 Å². The van der Waals surface area contributed by atoms with Gasteiger partial charge in [-0.2, -0.15) is 0 Å². The number of ether oxygens (including phenoxy) is 2. The van der Waals surface area contributed by atoms with Gasteiger partial charge < -0.3 is 24.6 Å². The maximum absolute atomic E-state index is 13.3. The van der Waals surface area contributed by atoms with Crippen LogP contribution >= 0.6 is 11.3 Å². The first-order chi connectivity index (χ1) is 15.4. The Morgan fingerprint density at radius 2 is 1.78 bits per heavy atom. The van der Waals surface area contributed by atoms with Gasteiger partial charge in [-0.1, -0.05) is 30.3 Å². The zero-order valence-electron chi connectivity index (χ0n) is 18.8. The molecular formula is C23H31N3O5S. The molecular weight excluding hydrogens is 430 g/mol. The van der Waals surface area contributed by atoms with Gasteiger partial charge in [-0.15, -0.1) is 11.3 Å². The lowest BCUT2D eigenvalue weighted by Gasteiger charge is -2.27. The summed E-state index contributed by atoms with van der Waals surface area (Å²) in [7, 11) is 1.53. The van der Waals surface area contributed by atoms with Crippen molar-refractivity contribution in [2.45, 2.75) is 26.9 Å². The highest BCUT2D eigenvalue weighted by atomic mass is 32.1. The number of esters is 1. The third kappa shape index (κ3) is 8.68. The Kier molecular flexibility index (Phi) is 10.7. The van der Waals surface area contributed by atoms with Crippen LogP contribution in [-0.4, -0.2) is 67.7 Å². The molecule has 0 fully saturated rings. The Hall–Kier alpha value is -2.91. The van der Waals surface area contributed by atoms with E-state index in [1.165, 1.54) is 16.9 Å². The van der Waals surface area contributed by atoms with Crippen LogP contribution in [0, 0.1) is 6.92 Å². The number of urea groups is 1. The van der Waals surface area contributed by atoms with Gasteiger partial charge in [0.05, 0.1) is 19.8 Å². The second-order valence-electron chi connectivity index (χ2n) is 7.13. The molecule has 2 rings (SSSR count). The van der Waals surface area contributed by atoms with Gasteiger partial charge in [-0.05, 0) is 31.5 Å². The first-order valence-electron chi connectivity index (χ1n) is 10.5. The monoisotopic (exact) mass is 461 g/mol. The van der Waals surface area contributed by atoms with Gasteiger partial charge in [0.1, 0.15) is 13.1 Å². The van der Waals surface area contributed by atoms with E-state index >= 15 is 0 Å². The molecule has 174 valence electrons. The predicted octanol–water partition coefficient (Wildman–Crippen LogP) is 2.81. The minimum absolute atomic E-state index is 0.130. The van der Waals surface area contributed by atoms with Crippen LogP contribution in [0.5, 0.6) is 0 Å². The van der Waals surface area contributed by atoms with Gasteiger partial charge >= 0.3 is 12.0 Å². The molecule has 0 radical (unpaired) electrons. The van der Waals surface area contributed by atoms with E-state index in [1.807, 2.05) is 49.4 Å². The second-order valence-corrected chi connectivity index (χ2v) is 8.50. The molecule has 8 nitrogen and oxygen atoms in total. The molecule has 3 amide bonds. The lowest BCUT2D eigenvalue weighted by Crippen LogP contribution is -2.48. The minimum atomic E-state index is -0.530. The summed E-state index contributed by atoms with van der Waals surface area (Å²) < 4.78 is 9.92. The molecule has 2 aromatic rings. The molecule has 1 N–H and O–H groups in total. The van der Waals surface area contributed by atoms with Crippen LogP contribution in [0.15, 0.2) is 42.5 Å². The summed E-state index contributed by atoms with van der Waals surface area (Å²) >= 11 is 1.64. The molecule has 0 aliphatic carbocycles. The number of hydrogen-bond donors (Lipinski definition) is 1. The normalized spacial score (nSPS) is 10.5. The molecule has 0 unspecified atom stereocenters. The number of carbonyl (C=O) groups excluding carboxylic acids is 3. The molecule has 9 heteroatoms. The first kappa shape index (κ1) is 25.4. The van der Waals surface area contributed by atoms with Crippen molar-refractivity contribution in [3.63, 3.8) is 0 Å². The number of nitrogens with zero attached hydrogens (tertiary/aromatic N) is 2. The molecule has 0 saturated heterocycles. The van der Waals surface area contributed by atoms with Crippen molar-refractivity contribution in [2.24, 2.45) is 0 Å². The molecule has 1 heterocycles. The van der Waals surface area contributed by atoms with Crippen LogP contribution in [0.3, 0.4) is 0 Å².